The van der Waals surface area contributed by atoms with E-state index in [0.29, 0.717) is 5.41 Å². The van der Waals surface area contributed by atoms with Crippen molar-refractivity contribution in [1.29, 1.82) is 0 Å². The number of unbranched alkanes of at least 4 members (excludes halogenated alkanes) is 1. The van der Waals surface area contributed by atoms with Crippen LogP contribution in [0.3, 0.4) is 0 Å². The van der Waals surface area contributed by atoms with Crippen molar-refractivity contribution in [3.05, 3.63) is 0 Å². The monoisotopic (exact) mass is 157 g/mol. The second-order valence-corrected chi connectivity index (χ2v) is 4.05. The van der Waals surface area contributed by atoms with E-state index >= 15 is 0 Å². The number of nitrogens with one attached hydrogen (secondary N) is 1. The molecule has 68 valence electrons. The molecule has 0 rings (SSSR count). The summed E-state index contributed by atoms with van der Waals surface area (Å²) in [6.07, 6.45) is 4.02. The molecule has 0 amide bonds. The summed E-state index contributed by atoms with van der Waals surface area (Å²) in [6.45, 7) is 11.3. The third-order valence-electron chi connectivity index (χ3n) is 2.06. The fourth-order valence-corrected chi connectivity index (χ4v) is 1.21. The minimum Gasteiger partial charge on any atom is -0.316 e. The van der Waals surface area contributed by atoms with Gasteiger partial charge in [0.2, 0.25) is 0 Å². The van der Waals surface area contributed by atoms with Gasteiger partial charge < -0.3 is 5.32 Å². The van der Waals surface area contributed by atoms with Crippen LogP contribution in [0, 0.1) is 5.41 Å². The maximum Gasteiger partial charge on any atom is 0.000240 e. The average molecular weight is 157 g/mol. The van der Waals surface area contributed by atoms with Crippen molar-refractivity contribution in [1.82, 2.24) is 5.32 Å². The van der Waals surface area contributed by atoms with E-state index in [1.54, 1.807) is 0 Å². The average Bonchev–Trinajstić information content (AvgIpc) is 1.97. The van der Waals surface area contributed by atoms with Gasteiger partial charge in [0.15, 0.2) is 0 Å². The number of hydrogen-bond donors (Lipinski definition) is 1. The van der Waals surface area contributed by atoms with E-state index in [9.17, 15) is 0 Å². The molecule has 0 spiro atoms. The van der Waals surface area contributed by atoms with Gasteiger partial charge in [-0.15, -0.1) is 0 Å². The van der Waals surface area contributed by atoms with Crippen LogP contribution >= 0.6 is 0 Å². The summed E-state index contributed by atoms with van der Waals surface area (Å²) in [5, 5.41) is 3.40. The molecule has 0 saturated heterocycles. The summed E-state index contributed by atoms with van der Waals surface area (Å²) < 4.78 is 0. The first-order chi connectivity index (χ1) is 5.12. The standard InChI is InChI=1S/C10H23N/c1-5-7-8-10(3,4)9-11-6-2/h11H,5-9H2,1-4H3. The second-order valence-electron chi connectivity index (χ2n) is 4.05. The third kappa shape index (κ3) is 6.36. The Kier molecular flexibility index (Phi) is 5.57. The highest BCUT2D eigenvalue weighted by Gasteiger charge is 2.15. The van der Waals surface area contributed by atoms with E-state index in [-0.39, 0.29) is 0 Å². The van der Waals surface area contributed by atoms with Crippen LogP contribution in [0.25, 0.3) is 0 Å². The van der Waals surface area contributed by atoms with Crippen molar-refractivity contribution < 1.29 is 0 Å². The molecule has 0 aliphatic heterocycles. The highest BCUT2D eigenvalue weighted by molar-refractivity contribution is 4.70. The number of rotatable bonds is 6. The zero-order valence-electron chi connectivity index (χ0n) is 8.54. The first-order valence-corrected chi connectivity index (χ1v) is 4.83. The molecule has 0 aromatic heterocycles. The van der Waals surface area contributed by atoms with Crippen molar-refractivity contribution >= 4 is 0 Å². The van der Waals surface area contributed by atoms with Gasteiger partial charge in [-0.2, -0.15) is 0 Å². The molecule has 0 aliphatic carbocycles. The molecule has 11 heavy (non-hydrogen) atoms. The quantitative estimate of drug-likeness (QED) is 0.625. The molecule has 0 bridgehead atoms. The molecule has 0 fully saturated rings. The van der Waals surface area contributed by atoms with Crippen LogP contribution in [0.5, 0.6) is 0 Å². The largest absolute Gasteiger partial charge is 0.316 e. The Labute approximate surface area is 71.6 Å². The van der Waals surface area contributed by atoms with Crippen LogP contribution < -0.4 is 5.32 Å². The van der Waals surface area contributed by atoms with E-state index in [4.69, 9.17) is 0 Å². The summed E-state index contributed by atoms with van der Waals surface area (Å²) in [5.74, 6) is 0. The normalized spacial score (nSPS) is 12.0. The molecule has 0 radical (unpaired) electrons. The topological polar surface area (TPSA) is 12.0 Å². The lowest BCUT2D eigenvalue weighted by Gasteiger charge is -2.24. The summed E-state index contributed by atoms with van der Waals surface area (Å²) in [4.78, 5) is 0. The summed E-state index contributed by atoms with van der Waals surface area (Å²) >= 11 is 0. The fourth-order valence-electron chi connectivity index (χ4n) is 1.21. The first-order valence-electron chi connectivity index (χ1n) is 4.83. The zero-order valence-corrected chi connectivity index (χ0v) is 8.54. The molecule has 1 heteroatoms. The van der Waals surface area contributed by atoms with E-state index in [2.05, 4.69) is 33.0 Å². The van der Waals surface area contributed by atoms with Gasteiger partial charge in [0.1, 0.15) is 0 Å². The van der Waals surface area contributed by atoms with Crippen LogP contribution in [0.15, 0.2) is 0 Å². The molecule has 0 aromatic carbocycles. The van der Waals surface area contributed by atoms with E-state index in [1.165, 1.54) is 19.3 Å². The molecular formula is C10H23N. The Bertz CT molecular complexity index is 76.9. The van der Waals surface area contributed by atoms with E-state index < -0.39 is 0 Å². The Morgan fingerprint density at radius 2 is 1.82 bits per heavy atom. The third-order valence-corrected chi connectivity index (χ3v) is 2.06. The van der Waals surface area contributed by atoms with Crippen LogP contribution in [-0.2, 0) is 0 Å². The van der Waals surface area contributed by atoms with Gasteiger partial charge in [-0.25, -0.2) is 0 Å². The van der Waals surface area contributed by atoms with E-state index in [0.717, 1.165) is 13.1 Å². The molecule has 0 unspecified atom stereocenters. The molecular weight excluding hydrogens is 134 g/mol. The molecule has 0 saturated carbocycles. The molecule has 0 aliphatic rings. The Hall–Kier alpha value is -0.0400. The highest BCUT2D eigenvalue weighted by atomic mass is 14.9. The summed E-state index contributed by atoms with van der Waals surface area (Å²) in [6, 6.07) is 0. The Morgan fingerprint density at radius 3 is 2.27 bits per heavy atom. The smallest absolute Gasteiger partial charge is 0.000240 e. The number of hydrogen-bond acceptors (Lipinski definition) is 1. The predicted octanol–water partition coefficient (Wildman–Crippen LogP) is 2.81. The second kappa shape index (κ2) is 5.59. The zero-order chi connectivity index (χ0) is 8.74. The van der Waals surface area contributed by atoms with Gasteiger partial charge in [0.25, 0.3) is 0 Å². The van der Waals surface area contributed by atoms with Crippen molar-refractivity contribution in [2.45, 2.75) is 47.0 Å². The van der Waals surface area contributed by atoms with Crippen molar-refractivity contribution in [2.75, 3.05) is 13.1 Å². The van der Waals surface area contributed by atoms with E-state index in [1.807, 2.05) is 0 Å². The maximum atomic E-state index is 3.40. The molecule has 1 N–H and O–H groups in total. The van der Waals surface area contributed by atoms with Crippen molar-refractivity contribution in [3.63, 3.8) is 0 Å². The van der Waals surface area contributed by atoms with Gasteiger partial charge in [-0.1, -0.05) is 40.5 Å². The lowest BCUT2D eigenvalue weighted by molar-refractivity contribution is 0.308. The first kappa shape index (κ1) is 11.0. The minimum atomic E-state index is 0.492. The SMILES string of the molecule is CCCCC(C)(C)CNCC. The highest BCUT2D eigenvalue weighted by Crippen LogP contribution is 2.21. The van der Waals surface area contributed by atoms with Crippen LogP contribution in [0.4, 0.5) is 0 Å². The van der Waals surface area contributed by atoms with Gasteiger partial charge in [0, 0.05) is 6.54 Å². The van der Waals surface area contributed by atoms with Gasteiger partial charge in [-0.3, -0.25) is 0 Å². The maximum absolute atomic E-state index is 3.40. The van der Waals surface area contributed by atoms with Gasteiger partial charge in [0.05, 0.1) is 0 Å². The molecule has 1 nitrogen and oxygen atoms in total. The van der Waals surface area contributed by atoms with Gasteiger partial charge in [-0.05, 0) is 18.4 Å². The van der Waals surface area contributed by atoms with Crippen LogP contribution in [-0.4, -0.2) is 13.1 Å². The Morgan fingerprint density at radius 1 is 1.18 bits per heavy atom. The van der Waals surface area contributed by atoms with Crippen LogP contribution in [0.1, 0.15) is 47.0 Å². The molecule has 0 heterocycles. The van der Waals surface area contributed by atoms with Gasteiger partial charge >= 0.3 is 0 Å². The Balaban J connectivity index is 3.43. The van der Waals surface area contributed by atoms with Crippen LogP contribution in [0.2, 0.25) is 0 Å². The minimum absolute atomic E-state index is 0.492. The lowest BCUT2D eigenvalue weighted by atomic mass is 9.87. The molecule has 0 aromatic rings. The van der Waals surface area contributed by atoms with Crippen molar-refractivity contribution in [3.8, 4) is 0 Å². The summed E-state index contributed by atoms with van der Waals surface area (Å²) in [5.41, 5.74) is 0.492. The predicted molar refractivity (Wildman–Crippen MR) is 51.8 cm³/mol. The summed E-state index contributed by atoms with van der Waals surface area (Å²) in [7, 11) is 0. The fraction of sp³-hybridized carbons (Fsp3) is 1.00. The lowest BCUT2D eigenvalue weighted by Crippen LogP contribution is -2.29. The van der Waals surface area contributed by atoms with Crippen molar-refractivity contribution in [2.24, 2.45) is 5.41 Å². The molecule has 0 atom stereocenters.